The lowest BCUT2D eigenvalue weighted by Gasteiger charge is -2.26. The van der Waals surface area contributed by atoms with Gasteiger partial charge in [-0.15, -0.1) is 11.3 Å². The molecule has 0 fully saturated rings. The minimum absolute atomic E-state index is 0.0148. The standard InChI is InChI=1S/C15H24N2O2S/c1-15(2,3)17-8-10(18)9-19-14-11-6-7-20-13(11)5-4-12(14)16/h6-7,10,14,16-18H,4-5,8-9H2,1-3H3. The molecule has 0 bridgehead atoms. The molecule has 112 valence electrons. The van der Waals surface area contributed by atoms with Crippen molar-refractivity contribution in [1.82, 2.24) is 5.32 Å². The molecule has 0 saturated carbocycles. The summed E-state index contributed by atoms with van der Waals surface area (Å²) in [5.74, 6) is 0. The van der Waals surface area contributed by atoms with Gasteiger partial charge in [-0.05, 0) is 45.1 Å². The van der Waals surface area contributed by atoms with Crippen molar-refractivity contribution in [1.29, 1.82) is 5.41 Å². The van der Waals surface area contributed by atoms with E-state index in [-0.39, 0.29) is 18.2 Å². The molecule has 0 aliphatic heterocycles. The molecular formula is C15H24N2O2S. The molecule has 1 heterocycles. The predicted octanol–water partition coefficient (Wildman–Crippen LogP) is 2.52. The molecule has 2 unspecified atom stereocenters. The molecule has 0 amide bonds. The van der Waals surface area contributed by atoms with Crippen molar-refractivity contribution in [2.75, 3.05) is 13.2 Å². The first-order valence-corrected chi connectivity index (χ1v) is 7.93. The summed E-state index contributed by atoms with van der Waals surface area (Å²) >= 11 is 1.73. The second-order valence-corrected chi connectivity index (χ2v) is 7.32. The summed E-state index contributed by atoms with van der Waals surface area (Å²) in [6.45, 7) is 6.95. The Bertz CT molecular complexity index is 465. The van der Waals surface area contributed by atoms with E-state index in [1.54, 1.807) is 11.3 Å². The topological polar surface area (TPSA) is 65.3 Å². The van der Waals surface area contributed by atoms with Gasteiger partial charge in [0.1, 0.15) is 6.10 Å². The third-order valence-corrected chi connectivity index (χ3v) is 4.32. The van der Waals surface area contributed by atoms with Crippen molar-refractivity contribution in [3.63, 3.8) is 0 Å². The molecule has 4 nitrogen and oxygen atoms in total. The lowest BCUT2D eigenvalue weighted by molar-refractivity contribution is 0.0126. The molecule has 1 aromatic heterocycles. The van der Waals surface area contributed by atoms with Crippen molar-refractivity contribution < 1.29 is 9.84 Å². The quantitative estimate of drug-likeness (QED) is 0.782. The average molecular weight is 296 g/mol. The molecule has 2 atom stereocenters. The number of hydrogen-bond donors (Lipinski definition) is 3. The van der Waals surface area contributed by atoms with Gasteiger partial charge in [0, 0.05) is 28.2 Å². The summed E-state index contributed by atoms with van der Waals surface area (Å²) in [5.41, 5.74) is 1.72. The highest BCUT2D eigenvalue weighted by Gasteiger charge is 2.27. The summed E-state index contributed by atoms with van der Waals surface area (Å²) in [5, 5.41) is 23.3. The Labute approximate surface area is 124 Å². The summed E-state index contributed by atoms with van der Waals surface area (Å²) < 4.78 is 5.80. The number of aliphatic hydroxyl groups is 1. The van der Waals surface area contributed by atoms with Crippen LogP contribution in [0.15, 0.2) is 11.4 Å². The van der Waals surface area contributed by atoms with Gasteiger partial charge in [0.2, 0.25) is 0 Å². The van der Waals surface area contributed by atoms with Gasteiger partial charge in [-0.2, -0.15) is 0 Å². The van der Waals surface area contributed by atoms with Crippen molar-refractivity contribution in [2.24, 2.45) is 0 Å². The fraction of sp³-hybridized carbons (Fsp3) is 0.667. The molecule has 0 saturated heterocycles. The fourth-order valence-electron chi connectivity index (χ4n) is 2.23. The first-order chi connectivity index (χ1) is 9.37. The Hall–Kier alpha value is -0.750. The lowest BCUT2D eigenvalue weighted by Crippen LogP contribution is -2.42. The lowest BCUT2D eigenvalue weighted by atomic mass is 9.94. The minimum Gasteiger partial charge on any atom is -0.389 e. The fourth-order valence-corrected chi connectivity index (χ4v) is 3.14. The zero-order valence-corrected chi connectivity index (χ0v) is 13.2. The van der Waals surface area contributed by atoms with E-state index < -0.39 is 6.10 Å². The zero-order chi connectivity index (χ0) is 14.8. The third kappa shape index (κ3) is 4.12. The van der Waals surface area contributed by atoms with E-state index in [1.165, 1.54) is 4.88 Å². The van der Waals surface area contributed by atoms with Crippen LogP contribution in [0, 0.1) is 5.41 Å². The number of aliphatic hydroxyl groups excluding tert-OH is 1. The van der Waals surface area contributed by atoms with Crippen molar-refractivity contribution >= 4 is 17.0 Å². The number of rotatable bonds is 5. The second kappa shape index (κ2) is 6.35. The van der Waals surface area contributed by atoms with Crippen LogP contribution in [0.3, 0.4) is 0 Å². The molecule has 20 heavy (non-hydrogen) atoms. The Balaban J connectivity index is 1.86. The molecule has 2 rings (SSSR count). The highest BCUT2D eigenvalue weighted by Crippen LogP contribution is 2.33. The molecule has 3 N–H and O–H groups in total. The number of ether oxygens (including phenoxy) is 1. The van der Waals surface area contributed by atoms with Crippen LogP contribution in [0.5, 0.6) is 0 Å². The highest BCUT2D eigenvalue weighted by molar-refractivity contribution is 7.10. The first kappa shape index (κ1) is 15.6. The van der Waals surface area contributed by atoms with Crippen molar-refractivity contribution in [2.45, 2.75) is 51.4 Å². The number of nitrogens with one attached hydrogen (secondary N) is 2. The minimum atomic E-state index is -0.550. The maximum atomic E-state index is 9.97. The van der Waals surface area contributed by atoms with Crippen LogP contribution < -0.4 is 5.32 Å². The van der Waals surface area contributed by atoms with Crippen LogP contribution in [-0.2, 0) is 11.2 Å². The van der Waals surface area contributed by atoms with Gasteiger partial charge in [0.15, 0.2) is 0 Å². The summed E-state index contributed by atoms with van der Waals surface area (Å²) in [7, 11) is 0. The number of hydrogen-bond acceptors (Lipinski definition) is 5. The molecule has 0 radical (unpaired) electrons. The third-order valence-electron chi connectivity index (χ3n) is 3.32. The Morgan fingerprint density at radius 2 is 2.25 bits per heavy atom. The molecular weight excluding hydrogens is 272 g/mol. The molecule has 1 aromatic rings. The zero-order valence-electron chi connectivity index (χ0n) is 12.4. The van der Waals surface area contributed by atoms with Crippen LogP contribution in [0.2, 0.25) is 0 Å². The van der Waals surface area contributed by atoms with E-state index in [1.807, 2.05) is 6.07 Å². The number of fused-ring (bicyclic) bond motifs is 1. The van der Waals surface area contributed by atoms with Gasteiger partial charge >= 0.3 is 0 Å². The van der Waals surface area contributed by atoms with Crippen LogP contribution in [-0.4, -0.2) is 35.6 Å². The monoisotopic (exact) mass is 296 g/mol. The van der Waals surface area contributed by atoms with Gasteiger partial charge in [-0.25, -0.2) is 0 Å². The molecule has 0 aromatic carbocycles. The van der Waals surface area contributed by atoms with Gasteiger partial charge in [0.25, 0.3) is 0 Å². The molecule has 5 heteroatoms. The highest BCUT2D eigenvalue weighted by atomic mass is 32.1. The first-order valence-electron chi connectivity index (χ1n) is 7.05. The Morgan fingerprint density at radius 3 is 2.95 bits per heavy atom. The van der Waals surface area contributed by atoms with Crippen LogP contribution in [0.25, 0.3) is 0 Å². The van der Waals surface area contributed by atoms with Crippen LogP contribution in [0.4, 0.5) is 0 Å². The van der Waals surface area contributed by atoms with Gasteiger partial charge in [-0.3, -0.25) is 0 Å². The van der Waals surface area contributed by atoms with Crippen LogP contribution in [0.1, 0.15) is 43.7 Å². The maximum absolute atomic E-state index is 9.97. The van der Waals surface area contributed by atoms with Crippen molar-refractivity contribution in [3.8, 4) is 0 Å². The summed E-state index contributed by atoms with van der Waals surface area (Å²) in [6.07, 6.45) is 0.884. The molecule has 1 aliphatic rings. The summed E-state index contributed by atoms with van der Waals surface area (Å²) in [4.78, 5) is 1.31. The van der Waals surface area contributed by atoms with E-state index in [9.17, 15) is 5.11 Å². The van der Waals surface area contributed by atoms with E-state index in [0.717, 1.165) is 18.4 Å². The largest absolute Gasteiger partial charge is 0.389 e. The maximum Gasteiger partial charge on any atom is 0.121 e. The predicted molar refractivity (Wildman–Crippen MR) is 82.8 cm³/mol. The van der Waals surface area contributed by atoms with Crippen molar-refractivity contribution in [3.05, 3.63) is 21.9 Å². The number of aryl methyl sites for hydroxylation is 1. The molecule has 1 aliphatic carbocycles. The van der Waals surface area contributed by atoms with E-state index in [0.29, 0.717) is 12.3 Å². The summed E-state index contributed by atoms with van der Waals surface area (Å²) in [6, 6.07) is 2.04. The normalized spacial score (nSPS) is 20.8. The van der Waals surface area contributed by atoms with E-state index in [2.05, 4.69) is 31.5 Å². The van der Waals surface area contributed by atoms with E-state index in [4.69, 9.17) is 10.1 Å². The number of thiophene rings is 1. The van der Waals surface area contributed by atoms with Gasteiger partial charge < -0.3 is 20.6 Å². The smallest absolute Gasteiger partial charge is 0.121 e. The molecule has 0 spiro atoms. The van der Waals surface area contributed by atoms with Crippen LogP contribution >= 0.6 is 11.3 Å². The Kier molecular flexibility index (Phi) is 4.96. The second-order valence-electron chi connectivity index (χ2n) is 6.32. The van der Waals surface area contributed by atoms with Gasteiger partial charge in [0.05, 0.1) is 12.7 Å². The Morgan fingerprint density at radius 1 is 1.50 bits per heavy atom. The SMILES string of the molecule is CC(C)(C)NCC(O)COC1C(=N)CCc2sccc21. The number of β-amino-alcohol motifs (C(OH)–C–C–N with tert-alkyl or cyclic N) is 1. The average Bonchev–Trinajstić information content (AvgIpc) is 2.82. The van der Waals surface area contributed by atoms with E-state index >= 15 is 0 Å². The van der Waals surface area contributed by atoms with Gasteiger partial charge in [-0.1, -0.05) is 0 Å².